The summed E-state index contributed by atoms with van der Waals surface area (Å²) in [5, 5.41) is 0. The number of aromatic nitrogens is 2. The van der Waals surface area contributed by atoms with E-state index < -0.39 is 0 Å². The summed E-state index contributed by atoms with van der Waals surface area (Å²) in [4.78, 5) is 7.43. The summed E-state index contributed by atoms with van der Waals surface area (Å²) < 4.78 is 0. The molecule has 3 nitrogen and oxygen atoms in total. The van der Waals surface area contributed by atoms with E-state index in [0.29, 0.717) is 0 Å². The van der Waals surface area contributed by atoms with Crippen molar-refractivity contribution in [1.82, 2.24) is 9.97 Å². The molecule has 3 N–H and O–H groups in total. The van der Waals surface area contributed by atoms with Crippen LogP contribution < -0.4 is 0 Å². The monoisotopic (exact) mass is 182 g/mol. The van der Waals surface area contributed by atoms with Crippen molar-refractivity contribution >= 4 is 0 Å². The zero-order valence-electron chi connectivity index (χ0n) is 7.92. The Morgan fingerprint density at radius 1 is 1.31 bits per heavy atom. The second kappa shape index (κ2) is 5.02. The number of nitrogens with zero attached hydrogens (tertiary/aromatic N) is 1. The number of aromatic amines is 1. The van der Waals surface area contributed by atoms with Crippen LogP contribution in [0.3, 0.4) is 0 Å². The molecule has 0 amide bonds. The lowest BCUT2D eigenvalue weighted by molar-refractivity contribution is 0.352. The highest BCUT2D eigenvalue weighted by molar-refractivity contribution is 4.89. The molecule has 13 heavy (non-hydrogen) atoms. The van der Waals surface area contributed by atoms with Crippen molar-refractivity contribution in [3.8, 4) is 0 Å². The van der Waals surface area contributed by atoms with Gasteiger partial charge in [0.05, 0.1) is 0 Å². The van der Waals surface area contributed by atoms with Gasteiger partial charge in [-0.2, -0.15) is 0 Å². The molecule has 1 saturated carbocycles. The van der Waals surface area contributed by atoms with E-state index in [2.05, 4.69) is 9.97 Å². The number of nitrogens with one attached hydrogen (secondary N) is 1. The number of imidazole rings is 1. The van der Waals surface area contributed by atoms with Gasteiger partial charge in [0, 0.05) is 18.8 Å². The molecule has 2 rings (SSSR count). The molecule has 0 bridgehead atoms. The third-order valence-corrected chi connectivity index (χ3v) is 2.76. The molecule has 0 aliphatic heterocycles. The van der Waals surface area contributed by atoms with E-state index in [4.69, 9.17) is 0 Å². The summed E-state index contributed by atoms with van der Waals surface area (Å²) in [5.74, 6) is 2.06. The quantitative estimate of drug-likeness (QED) is 0.743. The van der Waals surface area contributed by atoms with Gasteiger partial charge in [0.2, 0.25) is 0 Å². The zero-order valence-corrected chi connectivity index (χ0v) is 7.92. The minimum atomic E-state index is 0. The molecule has 1 aromatic heterocycles. The number of H-pyrrole nitrogens is 1. The average molecular weight is 182 g/mol. The summed E-state index contributed by atoms with van der Waals surface area (Å²) in [6, 6.07) is 0. The minimum Gasteiger partial charge on any atom is -0.412 e. The lowest BCUT2D eigenvalue weighted by atomic mass is 9.87. The fourth-order valence-electron chi connectivity index (χ4n) is 2.07. The van der Waals surface area contributed by atoms with Crippen molar-refractivity contribution < 1.29 is 5.48 Å². The fraction of sp³-hybridized carbons (Fsp3) is 0.700. The summed E-state index contributed by atoms with van der Waals surface area (Å²) >= 11 is 0. The van der Waals surface area contributed by atoms with Crippen LogP contribution in [0, 0.1) is 5.92 Å². The predicted molar refractivity (Wildman–Crippen MR) is 52.5 cm³/mol. The largest absolute Gasteiger partial charge is 0.412 e. The van der Waals surface area contributed by atoms with E-state index in [9.17, 15) is 0 Å². The van der Waals surface area contributed by atoms with E-state index in [-0.39, 0.29) is 5.48 Å². The summed E-state index contributed by atoms with van der Waals surface area (Å²) in [6.07, 6.45) is 12.0. The molecule has 1 aromatic rings. The maximum absolute atomic E-state index is 4.25. The van der Waals surface area contributed by atoms with Crippen molar-refractivity contribution in [2.75, 3.05) is 0 Å². The summed E-state index contributed by atoms with van der Waals surface area (Å²) in [5.41, 5.74) is 0. The molecule has 0 spiro atoms. The van der Waals surface area contributed by atoms with Gasteiger partial charge in [0.1, 0.15) is 5.82 Å². The van der Waals surface area contributed by atoms with E-state index in [1.807, 2.05) is 12.4 Å². The third kappa shape index (κ3) is 2.84. The zero-order chi connectivity index (χ0) is 8.23. The van der Waals surface area contributed by atoms with Crippen molar-refractivity contribution in [2.24, 2.45) is 5.92 Å². The highest BCUT2D eigenvalue weighted by Crippen LogP contribution is 2.25. The second-order valence-electron chi connectivity index (χ2n) is 3.74. The minimum absolute atomic E-state index is 0. The second-order valence-corrected chi connectivity index (χ2v) is 3.74. The molecule has 1 aliphatic rings. The van der Waals surface area contributed by atoms with Gasteiger partial charge in [-0.25, -0.2) is 4.98 Å². The molecule has 0 radical (unpaired) electrons. The van der Waals surface area contributed by atoms with Gasteiger partial charge < -0.3 is 10.5 Å². The van der Waals surface area contributed by atoms with Crippen LogP contribution in [0.15, 0.2) is 12.4 Å². The molecule has 74 valence electrons. The number of hydrogen-bond acceptors (Lipinski definition) is 1. The van der Waals surface area contributed by atoms with E-state index >= 15 is 0 Å². The lowest BCUT2D eigenvalue weighted by Crippen LogP contribution is -2.09. The van der Waals surface area contributed by atoms with Crippen LogP contribution >= 0.6 is 0 Å². The maximum atomic E-state index is 4.25. The van der Waals surface area contributed by atoms with E-state index in [1.165, 1.54) is 37.9 Å². The smallest absolute Gasteiger partial charge is 0.106 e. The Balaban J connectivity index is 0.000000845. The highest BCUT2D eigenvalue weighted by Gasteiger charge is 2.14. The molecule has 1 aliphatic carbocycles. The van der Waals surface area contributed by atoms with Crippen LogP contribution in [0.4, 0.5) is 0 Å². The average Bonchev–Trinajstić information content (AvgIpc) is 2.59. The molecule has 1 fully saturated rings. The van der Waals surface area contributed by atoms with Gasteiger partial charge in [-0.1, -0.05) is 32.1 Å². The Morgan fingerprint density at radius 2 is 2.08 bits per heavy atom. The summed E-state index contributed by atoms with van der Waals surface area (Å²) in [7, 11) is 0. The van der Waals surface area contributed by atoms with E-state index in [1.54, 1.807) is 0 Å². The van der Waals surface area contributed by atoms with Gasteiger partial charge in [-0.15, -0.1) is 0 Å². The molecule has 0 atom stereocenters. The molecular weight excluding hydrogens is 164 g/mol. The first-order valence-corrected chi connectivity index (χ1v) is 4.93. The van der Waals surface area contributed by atoms with Crippen LogP contribution in [-0.2, 0) is 6.42 Å². The van der Waals surface area contributed by atoms with Crippen molar-refractivity contribution in [2.45, 2.75) is 38.5 Å². The van der Waals surface area contributed by atoms with Gasteiger partial charge in [-0.3, -0.25) is 0 Å². The van der Waals surface area contributed by atoms with E-state index in [0.717, 1.165) is 12.3 Å². The van der Waals surface area contributed by atoms with Gasteiger partial charge in [0.25, 0.3) is 0 Å². The standard InChI is InChI=1S/C10H16N2.H2O/c1-2-4-9(5-3-1)8-10-11-6-7-12-10;/h6-7,9H,1-5,8H2,(H,11,12);1H2. The normalized spacial score (nSPS) is 18.2. The third-order valence-electron chi connectivity index (χ3n) is 2.76. The first kappa shape index (κ1) is 10.3. The highest BCUT2D eigenvalue weighted by atomic mass is 16.0. The Kier molecular flexibility index (Phi) is 3.96. The Labute approximate surface area is 78.9 Å². The molecule has 3 heteroatoms. The molecule has 0 unspecified atom stereocenters. The fourth-order valence-corrected chi connectivity index (χ4v) is 2.07. The number of rotatable bonds is 2. The van der Waals surface area contributed by atoms with Gasteiger partial charge in [0.15, 0.2) is 0 Å². The Morgan fingerprint density at radius 3 is 2.69 bits per heavy atom. The molecule has 1 heterocycles. The van der Waals surface area contributed by atoms with Crippen molar-refractivity contribution in [3.63, 3.8) is 0 Å². The van der Waals surface area contributed by atoms with Gasteiger partial charge >= 0.3 is 0 Å². The van der Waals surface area contributed by atoms with Crippen LogP contribution in [0.25, 0.3) is 0 Å². The summed E-state index contributed by atoms with van der Waals surface area (Å²) in [6.45, 7) is 0. The Bertz CT molecular complexity index is 215. The van der Waals surface area contributed by atoms with Crippen LogP contribution in [-0.4, -0.2) is 15.4 Å². The first-order valence-electron chi connectivity index (χ1n) is 4.93. The van der Waals surface area contributed by atoms with Gasteiger partial charge in [-0.05, 0) is 5.92 Å². The van der Waals surface area contributed by atoms with Crippen molar-refractivity contribution in [1.29, 1.82) is 0 Å². The lowest BCUT2D eigenvalue weighted by Gasteiger charge is -2.20. The van der Waals surface area contributed by atoms with Crippen molar-refractivity contribution in [3.05, 3.63) is 18.2 Å². The van der Waals surface area contributed by atoms with Crippen LogP contribution in [0.2, 0.25) is 0 Å². The molecule has 0 aromatic carbocycles. The number of hydrogen-bond donors (Lipinski definition) is 1. The van der Waals surface area contributed by atoms with Crippen LogP contribution in [0.5, 0.6) is 0 Å². The first-order chi connectivity index (χ1) is 5.95. The maximum Gasteiger partial charge on any atom is 0.106 e. The molecular formula is C10H18N2O. The topological polar surface area (TPSA) is 60.2 Å². The van der Waals surface area contributed by atoms with Crippen LogP contribution in [0.1, 0.15) is 37.9 Å². The Hall–Kier alpha value is -0.830. The molecule has 0 saturated heterocycles. The predicted octanol–water partition coefficient (Wildman–Crippen LogP) is 1.71. The SMILES string of the molecule is O.c1c[nH]c(CC2CCCCC2)n1.